The molecule has 0 aromatic heterocycles. The summed E-state index contributed by atoms with van der Waals surface area (Å²) in [5.74, 6) is -0.875. The van der Waals surface area contributed by atoms with Crippen molar-refractivity contribution >= 4 is 29.1 Å². The highest BCUT2D eigenvalue weighted by Gasteiger charge is 2.13. The first-order valence-corrected chi connectivity index (χ1v) is 8.30. The number of halogens is 2. The Morgan fingerprint density at radius 1 is 1.16 bits per heavy atom. The minimum atomic E-state index is -0.541. The van der Waals surface area contributed by atoms with Crippen LogP contribution in [0.2, 0.25) is 5.02 Å². The molecule has 0 aliphatic carbocycles. The summed E-state index contributed by atoms with van der Waals surface area (Å²) in [6.07, 6.45) is 0.280. The summed E-state index contributed by atoms with van der Waals surface area (Å²) in [4.78, 5) is 25.3. The van der Waals surface area contributed by atoms with Gasteiger partial charge in [0.25, 0.3) is 0 Å². The van der Waals surface area contributed by atoms with Crippen molar-refractivity contribution in [2.75, 3.05) is 18.0 Å². The predicted molar refractivity (Wildman–Crippen MR) is 97.3 cm³/mol. The van der Waals surface area contributed by atoms with E-state index in [4.69, 9.17) is 11.6 Å². The van der Waals surface area contributed by atoms with Gasteiger partial charge in [-0.25, -0.2) is 4.39 Å². The fraction of sp³-hybridized carbons (Fsp3) is 0.263. The lowest BCUT2D eigenvalue weighted by molar-refractivity contribution is -0.121. The van der Waals surface area contributed by atoms with Crippen LogP contribution in [-0.4, -0.2) is 24.9 Å². The topological polar surface area (TPSA) is 49.4 Å². The molecular formula is C19H20ClFN2O2. The van der Waals surface area contributed by atoms with E-state index < -0.39 is 5.82 Å². The Morgan fingerprint density at radius 2 is 1.84 bits per heavy atom. The van der Waals surface area contributed by atoms with E-state index in [1.165, 1.54) is 30.0 Å². The minimum Gasteiger partial charge on any atom is -0.354 e. The first kappa shape index (κ1) is 18.9. The molecule has 0 heterocycles. The second kappa shape index (κ2) is 8.62. The summed E-state index contributed by atoms with van der Waals surface area (Å²) in [6, 6.07) is 11.8. The average Bonchev–Trinajstić information content (AvgIpc) is 2.56. The molecule has 0 fully saturated rings. The van der Waals surface area contributed by atoms with Gasteiger partial charge >= 0.3 is 0 Å². The zero-order chi connectivity index (χ0) is 18.4. The molecule has 2 aromatic rings. The van der Waals surface area contributed by atoms with Crippen LogP contribution in [0.1, 0.15) is 18.1 Å². The highest BCUT2D eigenvalue weighted by atomic mass is 35.5. The lowest BCUT2D eigenvalue weighted by Crippen LogP contribution is -2.38. The van der Waals surface area contributed by atoms with Crippen LogP contribution in [0.3, 0.4) is 0 Å². The Morgan fingerprint density at radius 3 is 2.44 bits per heavy atom. The van der Waals surface area contributed by atoms with Crippen molar-refractivity contribution < 1.29 is 14.0 Å². The van der Waals surface area contributed by atoms with Gasteiger partial charge in [0.05, 0.1) is 11.4 Å². The van der Waals surface area contributed by atoms with Crippen molar-refractivity contribution in [2.24, 2.45) is 0 Å². The quantitative estimate of drug-likeness (QED) is 0.855. The number of nitrogens with zero attached hydrogens (tertiary/aromatic N) is 1. The van der Waals surface area contributed by atoms with Crippen LogP contribution in [0.15, 0.2) is 42.5 Å². The summed E-state index contributed by atoms with van der Waals surface area (Å²) in [7, 11) is 0. The Balaban J connectivity index is 1.90. The van der Waals surface area contributed by atoms with E-state index in [-0.39, 0.29) is 29.8 Å². The van der Waals surface area contributed by atoms with Crippen molar-refractivity contribution in [1.29, 1.82) is 0 Å². The number of carbonyl (C=O) groups is 2. The molecule has 2 rings (SSSR count). The second-order valence-electron chi connectivity index (χ2n) is 5.78. The fourth-order valence-corrected chi connectivity index (χ4v) is 2.56. The molecule has 0 saturated heterocycles. The highest BCUT2D eigenvalue weighted by Crippen LogP contribution is 2.22. The molecular weight excluding hydrogens is 343 g/mol. The Labute approximate surface area is 151 Å². The lowest BCUT2D eigenvalue weighted by Gasteiger charge is -2.21. The average molecular weight is 363 g/mol. The smallest absolute Gasteiger partial charge is 0.224 e. The number of hydrogen-bond donors (Lipinski definition) is 1. The third-order valence-electron chi connectivity index (χ3n) is 3.74. The van der Waals surface area contributed by atoms with Crippen molar-refractivity contribution in [3.63, 3.8) is 0 Å². The third kappa shape index (κ3) is 5.57. The maximum atomic E-state index is 13.3. The number of rotatable bonds is 6. The third-order valence-corrected chi connectivity index (χ3v) is 4.03. The second-order valence-corrected chi connectivity index (χ2v) is 6.19. The van der Waals surface area contributed by atoms with E-state index in [9.17, 15) is 14.0 Å². The van der Waals surface area contributed by atoms with Crippen molar-refractivity contribution in [2.45, 2.75) is 20.3 Å². The summed E-state index contributed by atoms with van der Waals surface area (Å²) in [5, 5.41) is 2.74. The molecule has 0 aliphatic heterocycles. The molecule has 4 nitrogen and oxygen atoms in total. The van der Waals surface area contributed by atoms with Gasteiger partial charge in [0.1, 0.15) is 5.82 Å². The normalized spacial score (nSPS) is 10.4. The number of amides is 2. The van der Waals surface area contributed by atoms with Gasteiger partial charge in [-0.3, -0.25) is 9.59 Å². The van der Waals surface area contributed by atoms with Gasteiger partial charge in [-0.15, -0.1) is 0 Å². The van der Waals surface area contributed by atoms with Crippen LogP contribution in [-0.2, 0) is 16.0 Å². The van der Waals surface area contributed by atoms with Crippen molar-refractivity contribution in [3.05, 3.63) is 64.4 Å². The predicted octanol–water partition coefficient (Wildman–Crippen LogP) is 3.50. The van der Waals surface area contributed by atoms with Crippen LogP contribution in [0.25, 0.3) is 0 Å². The standard InChI is InChI=1S/C19H20ClFN2O2/c1-13-3-5-15(6-4-13)11-19(25)22-9-10-23(14(2)24)16-7-8-18(21)17(20)12-16/h3-8,12H,9-11H2,1-2H3,(H,22,25). The number of hydrogen-bond acceptors (Lipinski definition) is 2. The van der Waals surface area contributed by atoms with Crippen molar-refractivity contribution in [3.8, 4) is 0 Å². The number of benzene rings is 2. The summed E-state index contributed by atoms with van der Waals surface area (Å²) in [6.45, 7) is 3.96. The highest BCUT2D eigenvalue weighted by molar-refractivity contribution is 6.31. The summed E-state index contributed by atoms with van der Waals surface area (Å²) < 4.78 is 13.3. The number of nitrogens with one attached hydrogen (secondary N) is 1. The monoisotopic (exact) mass is 362 g/mol. The van der Waals surface area contributed by atoms with E-state index in [0.29, 0.717) is 12.2 Å². The molecule has 6 heteroatoms. The Hall–Kier alpha value is -2.40. The van der Waals surface area contributed by atoms with Gasteiger partial charge in [0.2, 0.25) is 11.8 Å². The van der Waals surface area contributed by atoms with Crippen LogP contribution in [0.4, 0.5) is 10.1 Å². The summed E-state index contributed by atoms with van der Waals surface area (Å²) in [5.41, 5.74) is 2.56. The van der Waals surface area contributed by atoms with Gasteiger partial charge in [-0.2, -0.15) is 0 Å². The molecule has 1 N–H and O–H groups in total. The fourth-order valence-electron chi connectivity index (χ4n) is 2.38. The maximum Gasteiger partial charge on any atom is 0.224 e. The molecule has 132 valence electrons. The van der Waals surface area contributed by atoms with Gasteiger partial charge in [0.15, 0.2) is 0 Å². The van der Waals surface area contributed by atoms with Crippen LogP contribution in [0.5, 0.6) is 0 Å². The maximum absolute atomic E-state index is 13.3. The molecule has 0 spiro atoms. The number of carbonyl (C=O) groups excluding carboxylic acids is 2. The molecule has 0 saturated carbocycles. The Bertz CT molecular complexity index is 763. The first-order valence-electron chi connectivity index (χ1n) is 7.92. The molecule has 25 heavy (non-hydrogen) atoms. The van der Waals surface area contributed by atoms with Crippen LogP contribution >= 0.6 is 11.6 Å². The molecule has 0 aliphatic rings. The van der Waals surface area contributed by atoms with Gasteiger partial charge < -0.3 is 10.2 Å². The molecule has 0 unspecified atom stereocenters. The minimum absolute atomic E-state index is 0.0489. The Kier molecular flexibility index (Phi) is 6.53. The van der Waals surface area contributed by atoms with Crippen LogP contribution in [0, 0.1) is 12.7 Å². The molecule has 0 bridgehead atoms. The van der Waals surface area contributed by atoms with E-state index in [0.717, 1.165) is 11.1 Å². The number of anilines is 1. The SMILES string of the molecule is CC(=O)N(CCNC(=O)Cc1ccc(C)cc1)c1ccc(F)c(Cl)c1. The number of aryl methyl sites for hydroxylation is 1. The lowest BCUT2D eigenvalue weighted by atomic mass is 10.1. The van der Waals surface area contributed by atoms with E-state index in [2.05, 4.69) is 5.32 Å². The molecule has 2 amide bonds. The van der Waals surface area contributed by atoms with Gasteiger partial charge in [-0.05, 0) is 30.7 Å². The van der Waals surface area contributed by atoms with Crippen molar-refractivity contribution in [1.82, 2.24) is 5.32 Å². The van der Waals surface area contributed by atoms with E-state index >= 15 is 0 Å². The zero-order valence-corrected chi connectivity index (χ0v) is 14.9. The zero-order valence-electron chi connectivity index (χ0n) is 14.2. The first-order chi connectivity index (χ1) is 11.9. The van der Waals surface area contributed by atoms with Crippen LogP contribution < -0.4 is 10.2 Å². The molecule has 2 aromatic carbocycles. The van der Waals surface area contributed by atoms with E-state index in [1.807, 2.05) is 31.2 Å². The van der Waals surface area contributed by atoms with Gasteiger partial charge in [-0.1, -0.05) is 41.4 Å². The molecule has 0 atom stereocenters. The summed E-state index contributed by atoms with van der Waals surface area (Å²) >= 11 is 5.77. The van der Waals surface area contributed by atoms with E-state index in [1.54, 1.807) is 0 Å². The largest absolute Gasteiger partial charge is 0.354 e. The van der Waals surface area contributed by atoms with Gasteiger partial charge in [0, 0.05) is 25.7 Å². The molecule has 0 radical (unpaired) electrons.